The highest BCUT2D eigenvalue weighted by molar-refractivity contribution is 7.22. The van der Waals surface area contributed by atoms with Crippen LogP contribution in [0.1, 0.15) is 0 Å². The Hall–Kier alpha value is -1.82. The summed E-state index contributed by atoms with van der Waals surface area (Å²) in [6.45, 7) is 0. The van der Waals surface area contributed by atoms with Gasteiger partial charge in [-0.2, -0.15) is 0 Å². The minimum atomic E-state index is -0.184. The van der Waals surface area contributed by atoms with Gasteiger partial charge < -0.3 is 9.64 Å². The lowest BCUT2D eigenvalue weighted by Gasteiger charge is -2.08. The molecule has 0 radical (unpaired) electrons. The zero-order valence-corrected chi connectivity index (χ0v) is 10.7. The van der Waals surface area contributed by atoms with Gasteiger partial charge in [0.05, 0.1) is 17.3 Å². The average molecular weight is 251 g/mol. The number of aromatic nitrogens is 1. The summed E-state index contributed by atoms with van der Waals surface area (Å²) in [4.78, 5) is 17.2. The number of hydrogen-bond acceptors (Lipinski definition) is 4. The van der Waals surface area contributed by atoms with Crippen molar-refractivity contribution in [2.75, 3.05) is 26.5 Å². The molecular weight excluding hydrogens is 238 g/mol. The fraction of sp³-hybridized carbons (Fsp3) is 0.273. The van der Waals surface area contributed by atoms with Crippen LogP contribution in [0, 0.1) is 0 Å². The number of nitrogens with zero attached hydrogens (tertiary/aromatic N) is 2. The molecule has 0 spiro atoms. The van der Waals surface area contributed by atoms with E-state index >= 15 is 0 Å². The van der Waals surface area contributed by atoms with E-state index in [-0.39, 0.29) is 6.03 Å². The van der Waals surface area contributed by atoms with E-state index in [1.165, 1.54) is 16.2 Å². The third kappa shape index (κ3) is 2.47. The number of fused-ring (bicyclic) bond motifs is 1. The second-order valence-corrected chi connectivity index (χ2v) is 4.71. The van der Waals surface area contributed by atoms with Crippen LogP contribution in [0.3, 0.4) is 0 Å². The van der Waals surface area contributed by atoms with Gasteiger partial charge in [-0.25, -0.2) is 9.78 Å². The van der Waals surface area contributed by atoms with Gasteiger partial charge in [-0.15, -0.1) is 0 Å². The van der Waals surface area contributed by atoms with Crippen molar-refractivity contribution < 1.29 is 9.53 Å². The SMILES string of the molecule is COc1ccc2nc(NC(=O)N(C)C)sc2c1. The lowest BCUT2D eigenvalue weighted by Crippen LogP contribution is -2.27. The van der Waals surface area contributed by atoms with Crippen LogP contribution in [0.25, 0.3) is 10.2 Å². The lowest BCUT2D eigenvalue weighted by molar-refractivity contribution is 0.230. The Morgan fingerprint density at radius 1 is 1.47 bits per heavy atom. The number of ether oxygens (including phenoxy) is 1. The van der Waals surface area contributed by atoms with Gasteiger partial charge in [-0.3, -0.25) is 5.32 Å². The molecule has 0 aliphatic heterocycles. The first-order valence-electron chi connectivity index (χ1n) is 5.03. The Morgan fingerprint density at radius 2 is 2.24 bits per heavy atom. The van der Waals surface area contributed by atoms with Gasteiger partial charge in [0.2, 0.25) is 0 Å². The Balaban J connectivity index is 2.28. The molecule has 0 saturated carbocycles. The predicted octanol–water partition coefficient (Wildman–Crippen LogP) is 2.40. The highest BCUT2D eigenvalue weighted by Gasteiger charge is 2.09. The maximum absolute atomic E-state index is 11.5. The van der Waals surface area contributed by atoms with Crippen molar-refractivity contribution in [1.82, 2.24) is 9.88 Å². The molecule has 2 amide bonds. The highest BCUT2D eigenvalue weighted by atomic mass is 32.1. The summed E-state index contributed by atoms with van der Waals surface area (Å²) >= 11 is 1.42. The normalized spacial score (nSPS) is 10.3. The zero-order valence-electron chi connectivity index (χ0n) is 9.85. The third-order valence-electron chi connectivity index (χ3n) is 2.22. The smallest absolute Gasteiger partial charge is 0.323 e. The molecule has 17 heavy (non-hydrogen) atoms. The second-order valence-electron chi connectivity index (χ2n) is 3.68. The van der Waals surface area contributed by atoms with Crippen LogP contribution >= 0.6 is 11.3 Å². The fourth-order valence-corrected chi connectivity index (χ4v) is 2.17. The minimum Gasteiger partial charge on any atom is -0.497 e. The number of carbonyl (C=O) groups excluding carboxylic acids is 1. The Labute approximate surface area is 103 Å². The Bertz CT molecular complexity index is 551. The van der Waals surface area contributed by atoms with Gasteiger partial charge in [0.15, 0.2) is 5.13 Å². The topological polar surface area (TPSA) is 54.5 Å². The van der Waals surface area contributed by atoms with Gasteiger partial charge in [0.25, 0.3) is 0 Å². The molecule has 6 heteroatoms. The van der Waals surface area contributed by atoms with Crippen LogP contribution in [0.2, 0.25) is 0 Å². The number of urea groups is 1. The van der Waals surface area contributed by atoms with Crippen LogP contribution in [0.5, 0.6) is 5.75 Å². The maximum atomic E-state index is 11.5. The van der Waals surface area contributed by atoms with Crippen LogP contribution in [-0.2, 0) is 0 Å². The first-order valence-corrected chi connectivity index (χ1v) is 5.84. The summed E-state index contributed by atoms with van der Waals surface area (Å²) in [6, 6.07) is 5.43. The van der Waals surface area contributed by atoms with Crippen molar-refractivity contribution in [3.63, 3.8) is 0 Å². The molecule has 0 aliphatic carbocycles. The number of rotatable bonds is 2. The molecule has 0 fully saturated rings. The second kappa shape index (κ2) is 4.58. The molecule has 90 valence electrons. The summed E-state index contributed by atoms with van der Waals surface area (Å²) in [5.41, 5.74) is 0.852. The van der Waals surface area contributed by atoms with Crippen LogP contribution < -0.4 is 10.1 Å². The number of hydrogen-bond donors (Lipinski definition) is 1. The van der Waals surface area contributed by atoms with E-state index in [0.29, 0.717) is 5.13 Å². The predicted molar refractivity (Wildman–Crippen MR) is 68.9 cm³/mol. The standard InChI is InChI=1S/C11H13N3O2S/c1-14(2)11(15)13-10-12-8-5-4-7(16-3)6-9(8)17-10/h4-6H,1-3H3,(H,12,13,15). The molecule has 2 aromatic rings. The van der Waals surface area contributed by atoms with Crippen molar-refractivity contribution in [3.8, 4) is 5.75 Å². The van der Waals surface area contributed by atoms with Gasteiger partial charge in [-0.05, 0) is 18.2 Å². The van der Waals surface area contributed by atoms with E-state index in [1.54, 1.807) is 21.2 Å². The zero-order chi connectivity index (χ0) is 12.4. The van der Waals surface area contributed by atoms with E-state index < -0.39 is 0 Å². The van der Waals surface area contributed by atoms with E-state index in [0.717, 1.165) is 16.0 Å². The van der Waals surface area contributed by atoms with E-state index in [9.17, 15) is 4.79 Å². The van der Waals surface area contributed by atoms with Crippen molar-refractivity contribution in [2.45, 2.75) is 0 Å². The number of anilines is 1. The molecule has 0 unspecified atom stereocenters. The molecule has 1 aromatic carbocycles. The van der Waals surface area contributed by atoms with Crippen LogP contribution in [0.15, 0.2) is 18.2 Å². The lowest BCUT2D eigenvalue weighted by atomic mass is 10.3. The van der Waals surface area contributed by atoms with Gasteiger partial charge >= 0.3 is 6.03 Å². The first-order chi connectivity index (χ1) is 8.10. The summed E-state index contributed by atoms with van der Waals surface area (Å²) in [5, 5.41) is 3.31. The molecule has 0 saturated heterocycles. The van der Waals surface area contributed by atoms with Gasteiger partial charge in [0.1, 0.15) is 5.75 Å². The summed E-state index contributed by atoms with van der Waals surface area (Å²) in [7, 11) is 4.99. The van der Waals surface area contributed by atoms with Gasteiger partial charge in [-0.1, -0.05) is 11.3 Å². The Kier molecular flexibility index (Phi) is 3.14. The third-order valence-corrected chi connectivity index (χ3v) is 3.15. The number of amides is 2. The van der Waals surface area contributed by atoms with Gasteiger partial charge in [0, 0.05) is 14.1 Å². The first kappa shape index (κ1) is 11.7. The van der Waals surface area contributed by atoms with Crippen LogP contribution in [0.4, 0.5) is 9.93 Å². The number of methoxy groups -OCH3 is 1. The van der Waals surface area contributed by atoms with Crippen molar-refractivity contribution in [2.24, 2.45) is 0 Å². The molecule has 5 nitrogen and oxygen atoms in total. The summed E-state index contributed by atoms with van der Waals surface area (Å²) < 4.78 is 6.12. The largest absolute Gasteiger partial charge is 0.497 e. The highest BCUT2D eigenvalue weighted by Crippen LogP contribution is 2.29. The number of carbonyl (C=O) groups is 1. The molecule has 1 aromatic heterocycles. The molecule has 2 rings (SSSR count). The number of nitrogens with one attached hydrogen (secondary N) is 1. The molecular formula is C11H13N3O2S. The fourth-order valence-electron chi connectivity index (χ4n) is 1.29. The molecule has 0 bridgehead atoms. The molecule has 1 heterocycles. The van der Waals surface area contributed by atoms with E-state index in [2.05, 4.69) is 10.3 Å². The maximum Gasteiger partial charge on any atom is 0.323 e. The summed E-state index contributed by atoms with van der Waals surface area (Å²) in [6.07, 6.45) is 0. The average Bonchev–Trinajstić information content (AvgIpc) is 2.69. The van der Waals surface area contributed by atoms with Crippen molar-refractivity contribution >= 4 is 32.7 Å². The van der Waals surface area contributed by atoms with Crippen molar-refractivity contribution in [1.29, 1.82) is 0 Å². The van der Waals surface area contributed by atoms with E-state index in [1.807, 2.05) is 18.2 Å². The molecule has 1 N–H and O–H groups in total. The van der Waals surface area contributed by atoms with E-state index in [4.69, 9.17) is 4.74 Å². The molecule has 0 atom stereocenters. The number of thiazole rings is 1. The Morgan fingerprint density at radius 3 is 2.88 bits per heavy atom. The quantitative estimate of drug-likeness (QED) is 0.891. The number of benzene rings is 1. The van der Waals surface area contributed by atoms with Crippen LogP contribution in [-0.4, -0.2) is 37.1 Å². The monoisotopic (exact) mass is 251 g/mol. The van der Waals surface area contributed by atoms with Crippen molar-refractivity contribution in [3.05, 3.63) is 18.2 Å². The molecule has 0 aliphatic rings. The minimum absolute atomic E-state index is 0.184. The summed E-state index contributed by atoms with van der Waals surface area (Å²) in [5.74, 6) is 0.784.